The molecule has 35 heavy (non-hydrogen) atoms. The standard InChI is InChI=1S/C25H22BrFN4O4/c1-16-5-7-17(8-6-16)13-28-24(33)25(34)31-29-14-18-3-2-4-20(11-18)35-15-23(32)30-22-10-9-19(26)12-21(22)27/h2-12,14H,13,15H2,1H3,(H,28,33)(H,30,32)(H,31,34)/b29-14-. The van der Waals surface area contributed by atoms with E-state index in [1.54, 1.807) is 30.3 Å². The molecule has 0 saturated heterocycles. The number of aryl methyl sites for hydroxylation is 1. The maximum atomic E-state index is 13.8. The summed E-state index contributed by atoms with van der Waals surface area (Å²) in [6.07, 6.45) is 1.33. The highest BCUT2D eigenvalue weighted by Crippen LogP contribution is 2.19. The second-order valence-corrected chi connectivity index (χ2v) is 8.32. The number of hydrazone groups is 1. The van der Waals surface area contributed by atoms with Gasteiger partial charge in [0.05, 0.1) is 11.9 Å². The van der Waals surface area contributed by atoms with Gasteiger partial charge >= 0.3 is 11.8 Å². The Hall–Kier alpha value is -4.05. The minimum atomic E-state index is -0.905. The molecule has 180 valence electrons. The fourth-order valence-corrected chi connectivity index (χ4v) is 3.13. The van der Waals surface area contributed by atoms with E-state index in [4.69, 9.17) is 4.74 Å². The van der Waals surface area contributed by atoms with Crippen molar-refractivity contribution in [1.29, 1.82) is 0 Å². The predicted octanol–water partition coefficient (Wildman–Crippen LogP) is 3.68. The maximum Gasteiger partial charge on any atom is 0.329 e. The average molecular weight is 541 g/mol. The van der Waals surface area contributed by atoms with Crippen LogP contribution in [0.25, 0.3) is 0 Å². The number of amides is 3. The summed E-state index contributed by atoms with van der Waals surface area (Å²) in [5.41, 5.74) is 4.72. The van der Waals surface area contributed by atoms with Crippen LogP contribution < -0.4 is 20.8 Å². The van der Waals surface area contributed by atoms with Crippen molar-refractivity contribution in [2.45, 2.75) is 13.5 Å². The first-order valence-electron chi connectivity index (χ1n) is 10.4. The number of rotatable bonds is 8. The Labute approximate surface area is 209 Å². The number of nitrogens with zero attached hydrogens (tertiary/aromatic N) is 1. The van der Waals surface area contributed by atoms with Gasteiger partial charge in [-0.05, 0) is 48.4 Å². The Morgan fingerprint density at radius 2 is 1.80 bits per heavy atom. The number of nitrogens with one attached hydrogen (secondary N) is 3. The Balaban J connectivity index is 1.45. The van der Waals surface area contributed by atoms with Gasteiger partial charge in [-0.1, -0.05) is 57.9 Å². The van der Waals surface area contributed by atoms with Crippen LogP contribution in [0.3, 0.4) is 0 Å². The zero-order valence-electron chi connectivity index (χ0n) is 18.7. The van der Waals surface area contributed by atoms with Crippen LogP contribution in [0.15, 0.2) is 76.3 Å². The second-order valence-electron chi connectivity index (χ2n) is 7.40. The van der Waals surface area contributed by atoms with Crippen LogP contribution in [-0.2, 0) is 20.9 Å². The summed E-state index contributed by atoms with van der Waals surface area (Å²) in [6.45, 7) is 1.84. The van der Waals surface area contributed by atoms with Gasteiger partial charge < -0.3 is 15.4 Å². The fourth-order valence-electron chi connectivity index (χ4n) is 2.80. The summed E-state index contributed by atoms with van der Waals surface area (Å²) in [4.78, 5) is 35.9. The molecule has 0 atom stereocenters. The minimum Gasteiger partial charge on any atom is -0.484 e. The molecule has 3 amide bonds. The first-order chi connectivity index (χ1) is 16.8. The third-order valence-electron chi connectivity index (χ3n) is 4.59. The molecule has 3 aromatic rings. The molecule has 0 radical (unpaired) electrons. The van der Waals surface area contributed by atoms with E-state index >= 15 is 0 Å². The van der Waals surface area contributed by atoms with Crippen LogP contribution in [0.5, 0.6) is 5.75 Å². The molecular weight excluding hydrogens is 519 g/mol. The van der Waals surface area contributed by atoms with Gasteiger partial charge in [0.15, 0.2) is 6.61 Å². The highest BCUT2D eigenvalue weighted by molar-refractivity contribution is 9.10. The van der Waals surface area contributed by atoms with Gasteiger partial charge in [-0.25, -0.2) is 9.82 Å². The van der Waals surface area contributed by atoms with Gasteiger partial charge in [0.1, 0.15) is 11.6 Å². The van der Waals surface area contributed by atoms with Crippen molar-refractivity contribution in [2.75, 3.05) is 11.9 Å². The van der Waals surface area contributed by atoms with Crippen LogP contribution in [0.1, 0.15) is 16.7 Å². The molecule has 0 saturated carbocycles. The van der Waals surface area contributed by atoms with Crippen LogP contribution in [-0.4, -0.2) is 30.5 Å². The highest BCUT2D eigenvalue weighted by atomic mass is 79.9. The van der Waals surface area contributed by atoms with Crippen molar-refractivity contribution < 1.29 is 23.5 Å². The lowest BCUT2D eigenvalue weighted by Crippen LogP contribution is -2.37. The van der Waals surface area contributed by atoms with Gasteiger partial charge in [0, 0.05) is 11.0 Å². The number of carbonyl (C=O) groups excluding carboxylic acids is 3. The molecular formula is C25H22BrFN4O4. The van der Waals surface area contributed by atoms with E-state index in [-0.39, 0.29) is 18.8 Å². The van der Waals surface area contributed by atoms with Gasteiger partial charge in [0.25, 0.3) is 5.91 Å². The lowest BCUT2D eigenvalue weighted by atomic mass is 10.1. The summed E-state index contributed by atoms with van der Waals surface area (Å²) < 4.78 is 19.8. The van der Waals surface area contributed by atoms with Crippen molar-refractivity contribution >= 4 is 45.6 Å². The SMILES string of the molecule is Cc1ccc(CNC(=O)C(=O)N/N=C\c2cccc(OCC(=O)Nc3ccc(Br)cc3F)c2)cc1. The molecule has 0 aromatic heterocycles. The third-order valence-corrected chi connectivity index (χ3v) is 5.09. The highest BCUT2D eigenvalue weighted by Gasteiger charge is 2.12. The van der Waals surface area contributed by atoms with Crippen LogP contribution in [0, 0.1) is 12.7 Å². The number of hydrogen-bond donors (Lipinski definition) is 3. The second kappa shape index (κ2) is 12.4. The molecule has 8 nitrogen and oxygen atoms in total. The first kappa shape index (κ1) is 25.6. The zero-order valence-corrected chi connectivity index (χ0v) is 20.3. The van der Waals surface area contributed by atoms with E-state index in [0.29, 0.717) is 15.8 Å². The smallest absolute Gasteiger partial charge is 0.329 e. The molecule has 0 bridgehead atoms. The van der Waals surface area contributed by atoms with Gasteiger partial charge in [-0.3, -0.25) is 14.4 Å². The van der Waals surface area contributed by atoms with Gasteiger partial charge in [0.2, 0.25) is 0 Å². The summed E-state index contributed by atoms with van der Waals surface area (Å²) in [5, 5.41) is 8.72. The Bertz CT molecular complexity index is 1250. The Morgan fingerprint density at radius 1 is 1.03 bits per heavy atom. The van der Waals surface area contributed by atoms with Crippen LogP contribution >= 0.6 is 15.9 Å². The minimum absolute atomic E-state index is 0.0429. The van der Waals surface area contributed by atoms with Crippen molar-refractivity contribution in [2.24, 2.45) is 5.10 Å². The molecule has 3 rings (SSSR count). The van der Waals surface area contributed by atoms with Crippen LogP contribution in [0.2, 0.25) is 0 Å². The topological polar surface area (TPSA) is 109 Å². The lowest BCUT2D eigenvalue weighted by molar-refractivity contribution is -0.139. The summed E-state index contributed by atoms with van der Waals surface area (Å²) in [6, 6.07) is 18.4. The molecule has 3 N–H and O–H groups in total. The number of anilines is 1. The zero-order chi connectivity index (χ0) is 25.2. The summed E-state index contributed by atoms with van der Waals surface area (Å²) >= 11 is 3.15. The van der Waals surface area contributed by atoms with Crippen LogP contribution in [0.4, 0.5) is 10.1 Å². The molecule has 0 unspecified atom stereocenters. The van der Waals surface area contributed by atoms with E-state index in [1.165, 1.54) is 18.3 Å². The van der Waals surface area contributed by atoms with Crippen molar-refractivity contribution in [3.8, 4) is 5.75 Å². The fraction of sp³-hybridized carbons (Fsp3) is 0.120. The normalized spacial score (nSPS) is 10.6. The largest absolute Gasteiger partial charge is 0.484 e. The summed E-state index contributed by atoms with van der Waals surface area (Å²) in [5.74, 6) is -2.46. The number of benzene rings is 3. The number of carbonyl (C=O) groups is 3. The third kappa shape index (κ3) is 8.35. The van der Waals surface area contributed by atoms with Crippen molar-refractivity contribution in [3.63, 3.8) is 0 Å². The first-order valence-corrected chi connectivity index (χ1v) is 11.2. The van der Waals surface area contributed by atoms with Gasteiger partial charge in [-0.15, -0.1) is 0 Å². The predicted molar refractivity (Wildman–Crippen MR) is 133 cm³/mol. The number of ether oxygens (including phenoxy) is 1. The van der Waals surface area contributed by atoms with Crippen molar-refractivity contribution in [1.82, 2.24) is 10.7 Å². The molecule has 3 aromatic carbocycles. The van der Waals surface area contributed by atoms with E-state index in [9.17, 15) is 18.8 Å². The summed E-state index contributed by atoms with van der Waals surface area (Å²) in [7, 11) is 0. The molecule has 0 aliphatic rings. The average Bonchev–Trinajstić information content (AvgIpc) is 2.84. The number of hydrogen-bond acceptors (Lipinski definition) is 5. The van der Waals surface area contributed by atoms with E-state index in [0.717, 1.165) is 11.1 Å². The number of halogens is 2. The lowest BCUT2D eigenvalue weighted by Gasteiger charge is -2.09. The van der Waals surface area contributed by atoms with Gasteiger partial charge in [-0.2, -0.15) is 5.10 Å². The molecule has 0 aliphatic heterocycles. The molecule has 0 fully saturated rings. The quantitative estimate of drug-likeness (QED) is 0.230. The maximum absolute atomic E-state index is 13.8. The Kier molecular flexibility index (Phi) is 9.08. The monoisotopic (exact) mass is 540 g/mol. The molecule has 0 aliphatic carbocycles. The van der Waals surface area contributed by atoms with Crippen molar-refractivity contribution in [3.05, 3.63) is 93.7 Å². The molecule has 0 spiro atoms. The van der Waals surface area contributed by atoms with E-state index < -0.39 is 23.5 Å². The molecule has 0 heterocycles. The van der Waals surface area contributed by atoms with E-state index in [1.807, 2.05) is 31.2 Å². The van der Waals surface area contributed by atoms with E-state index in [2.05, 4.69) is 37.1 Å². The molecule has 10 heteroatoms. The Morgan fingerprint density at radius 3 is 2.54 bits per heavy atom.